The van der Waals surface area contributed by atoms with Crippen LogP contribution in [-0.4, -0.2) is 18.7 Å². The Bertz CT molecular complexity index is 103. The van der Waals surface area contributed by atoms with Gasteiger partial charge in [-0.2, -0.15) is 0 Å². The number of hydrogen-bond donors (Lipinski definition) is 4. The van der Waals surface area contributed by atoms with Gasteiger partial charge in [0, 0.05) is 6.54 Å². The van der Waals surface area contributed by atoms with Crippen molar-refractivity contribution in [1.29, 1.82) is 0 Å². The van der Waals surface area contributed by atoms with E-state index in [1.54, 1.807) is 0 Å². The third kappa shape index (κ3) is 1.08. The monoisotopic (exact) mass is 116 g/mol. The Morgan fingerprint density at radius 1 is 1.75 bits per heavy atom. The first-order valence-electron chi connectivity index (χ1n) is 2.34. The molecule has 8 heavy (non-hydrogen) atoms. The van der Waals surface area contributed by atoms with Crippen LogP contribution >= 0.6 is 0 Å². The van der Waals surface area contributed by atoms with Crippen LogP contribution in [0.5, 0.6) is 0 Å². The number of amides is 2. The van der Waals surface area contributed by atoms with Gasteiger partial charge in [-0.25, -0.2) is 10.2 Å². The van der Waals surface area contributed by atoms with Crippen LogP contribution in [0.2, 0.25) is 0 Å². The first kappa shape index (κ1) is 5.33. The number of hydrazine groups is 1. The predicted octanol–water partition coefficient (Wildman–Crippen LogP) is -1.91. The molecule has 5 N–H and O–H groups in total. The zero-order valence-electron chi connectivity index (χ0n) is 4.27. The quantitative estimate of drug-likeness (QED) is 0.298. The number of carbonyl (C=O) groups is 1. The molecule has 1 heterocycles. The molecule has 5 nitrogen and oxygen atoms in total. The summed E-state index contributed by atoms with van der Waals surface area (Å²) in [6.07, 6.45) is -0.260. The van der Waals surface area contributed by atoms with E-state index in [0.29, 0.717) is 6.54 Å². The summed E-state index contributed by atoms with van der Waals surface area (Å²) in [5, 5.41) is 2.44. The number of nitrogens with one attached hydrogen (secondary N) is 3. The average Bonchev–Trinajstić information content (AvgIpc) is 1.64. The van der Waals surface area contributed by atoms with Crippen LogP contribution in [0, 0.1) is 0 Å². The highest BCUT2D eigenvalue weighted by Crippen LogP contribution is 1.73. The average molecular weight is 116 g/mol. The molecule has 5 heteroatoms. The third-order valence-electron chi connectivity index (χ3n) is 0.840. The van der Waals surface area contributed by atoms with Gasteiger partial charge in [0.15, 0.2) is 0 Å². The molecule has 0 bridgehead atoms. The number of hydrogen-bond acceptors (Lipinski definition) is 3. The highest BCUT2D eigenvalue weighted by Gasteiger charge is 2.10. The highest BCUT2D eigenvalue weighted by molar-refractivity contribution is 5.74. The standard InChI is InChI=1S/C3H8N4O/c4-2-1-5-7-3(8)6-2/h2,5H,1,4H2,(H2,6,7,8). The summed E-state index contributed by atoms with van der Waals surface area (Å²) in [6.45, 7) is 0.561. The Kier molecular flexibility index (Phi) is 1.32. The second-order valence-corrected chi connectivity index (χ2v) is 1.59. The van der Waals surface area contributed by atoms with Gasteiger partial charge in [0.2, 0.25) is 0 Å². The molecule has 0 aromatic rings. The van der Waals surface area contributed by atoms with Crippen molar-refractivity contribution in [3.63, 3.8) is 0 Å². The first-order valence-corrected chi connectivity index (χ1v) is 2.34. The third-order valence-corrected chi connectivity index (χ3v) is 0.840. The molecule has 2 amide bonds. The van der Waals surface area contributed by atoms with Gasteiger partial charge in [0.05, 0.1) is 6.17 Å². The van der Waals surface area contributed by atoms with E-state index in [1.807, 2.05) is 0 Å². The van der Waals surface area contributed by atoms with Gasteiger partial charge < -0.3 is 11.1 Å². The molecule has 0 aliphatic carbocycles. The fraction of sp³-hybridized carbons (Fsp3) is 0.667. The summed E-state index contributed by atoms with van der Waals surface area (Å²) in [5.74, 6) is 0. The van der Waals surface area contributed by atoms with Gasteiger partial charge in [-0.15, -0.1) is 0 Å². The molecular formula is C3H8N4O. The summed E-state index contributed by atoms with van der Waals surface area (Å²) in [4.78, 5) is 10.3. The molecule has 1 aliphatic heterocycles. The van der Waals surface area contributed by atoms with Crippen LogP contribution in [0.1, 0.15) is 0 Å². The minimum absolute atomic E-state index is 0.260. The van der Waals surface area contributed by atoms with Crippen molar-refractivity contribution in [2.75, 3.05) is 6.54 Å². The van der Waals surface area contributed by atoms with E-state index in [9.17, 15) is 4.79 Å². The Morgan fingerprint density at radius 3 is 2.88 bits per heavy atom. The molecule has 46 valence electrons. The lowest BCUT2D eigenvalue weighted by Gasteiger charge is -2.20. The Hall–Kier alpha value is -0.810. The molecule has 0 spiro atoms. The maximum absolute atomic E-state index is 10.3. The van der Waals surface area contributed by atoms with Gasteiger partial charge in [-0.05, 0) is 0 Å². The summed E-state index contributed by atoms with van der Waals surface area (Å²) < 4.78 is 0. The molecule has 1 rings (SSSR count). The topological polar surface area (TPSA) is 79.2 Å². The Balaban J connectivity index is 2.34. The normalized spacial score (nSPS) is 28.6. The molecular weight excluding hydrogens is 108 g/mol. The SMILES string of the molecule is NC1CNNC(=O)N1. The van der Waals surface area contributed by atoms with E-state index in [-0.39, 0.29) is 12.2 Å². The molecule has 1 unspecified atom stereocenters. The molecule has 1 aliphatic rings. The lowest BCUT2D eigenvalue weighted by Crippen LogP contribution is -2.61. The lowest BCUT2D eigenvalue weighted by molar-refractivity contribution is 0.222. The van der Waals surface area contributed by atoms with Crippen LogP contribution in [-0.2, 0) is 0 Å². The molecule has 1 saturated heterocycles. The molecule has 1 fully saturated rings. The maximum atomic E-state index is 10.3. The molecule has 0 saturated carbocycles. The number of carbonyl (C=O) groups excluding carboxylic acids is 1. The van der Waals surface area contributed by atoms with E-state index in [0.717, 1.165) is 0 Å². The van der Waals surface area contributed by atoms with Gasteiger partial charge in [0.1, 0.15) is 0 Å². The first-order chi connectivity index (χ1) is 3.79. The summed E-state index contributed by atoms with van der Waals surface area (Å²) in [7, 11) is 0. The van der Waals surface area contributed by atoms with Gasteiger partial charge in [-0.3, -0.25) is 5.43 Å². The van der Waals surface area contributed by atoms with Crippen molar-refractivity contribution in [2.45, 2.75) is 6.17 Å². The zero-order valence-corrected chi connectivity index (χ0v) is 4.27. The predicted molar refractivity (Wildman–Crippen MR) is 27.6 cm³/mol. The second-order valence-electron chi connectivity index (χ2n) is 1.59. The van der Waals surface area contributed by atoms with Crippen LogP contribution in [0.3, 0.4) is 0 Å². The van der Waals surface area contributed by atoms with Gasteiger partial charge in [-0.1, -0.05) is 0 Å². The minimum Gasteiger partial charge on any atom is -0.321 e. The largest absolute Gasteiger partial charge is 0.330 e. The second kappa shape index (κ2) is 1.97. The van der Waals surface area contributed by atoms with Crippen LogP contribution in [0.4, 0.5) is 4.79 Å². The van der Waals surface area contributed by atoms with Crippen molar-refractivity contribution in [3.8, 4) is 0 Å². The van der Waals surface area contributed by atoms with E-state index in [2.05, 4.69) is 16.2 Å². The molecule has 0 aromatic carbocycles. The fourth-order valence-electron chi connectivity index (χ4n) is 0.497. The Morgan fingerprint density at radius 2 is 2.50 bits per heavy atom. The van der Waals surface area contributed by atoms with E-state index >= 15 is 0 Å². The summed E-state index contributed by atoms with van der Waals surface area (Å²) >= 11 is 0. The summed E-state index contributed by atoms with van der Waals surface area (Å²) in [5.41, 5.74) is 10.2. The zero-order chi connectivity index (χ0) is 5.98. The Labute approximate surface area is 46.6 Å². The van der Waals surface area contributed by atoms with Crippen molar-refractivity contribution >= 4 is 6.03 Å². The number of nitrogens with two attached hydrogens (primary N) is 1. The van der Waals surface area contributed by atoms with Crippen LogP contribution < -0.4 is 21.9 Å². The number of rotatable bonds is 0. The van der Waals surface area contributed by atoms with Crippen molar-refractivity contribution in [1.82, 2.24) is 16.2 Å². The minimum atomic E-state index is -0.274. The van der Waals surface area contributed by atoms with Crippen LogP contribution in [0.25, 0.3) is 0 Å². The smallest absolute Gasteiger partial charge is 0.321 e. The summed E-state index contributed by atoms with van der Waals surface area (Å²) in [6, 6.07) is -0.274. The van der Waals surface area contributed by atoms with Gasteiger partial charge >= 0.3 is 6.03 Å². The van der Waals surface area contributed by atoms with Crippen molar-refractivity contribution < 1.29 is 4.79 Å². The maximum Gasteiger partial charge on any atom is 0.330 e. The van der Waals surface area contributed by atoms with Gasteiger partial charge in [0.25, 0.3) is 0 Å². The molecule has 0 radical (unpaired) electrons. The van der Waals surface area contributed by atoms with Crippen molar-refractivity contribution in [3.05, 3.63) is 0 Å². The number of urea groups is 1. The van der Waals surface area contributed by atoms with E-state index in [4.69, 9.17) is 5.73 Å². The fourth-order valence-corrected chi connectivity index (χ4v) is 0.497. The molecule has 1 atom stereocenters. The van der Waals surface area contributed by atoms with E-state index < -0.39 is 0 Å². The lowest BCUT2D eigenvalue weighted by atomic mass is 10.5. The van der Waals surface area contributed by atoms with Crippen molar-refractivity contribution in [2.24, 2.45) is 5.73 Å². The van der Waals surface area contributed by atoms with E-state index in [1.165, 1.54) is 0 Å². The highest BCUT2D eigenvalue weighted by atomic mass is 16.2. The molecule has 0 aromatic heterocycles. The van der Waals surface area contributed by atoms with Crippen LogP contribution in [0.15, 0.2) is 0 Å².